The molecular formula is C38H40N2O5. The number of carboxylic acid groups (broad SMARTS) is 1. The minimum absolute atomic E-state index is 0.170. The Labute approximate surface area is 264 Å². The summed E-state index contributed by atoms with van der Waals surface area (Å²) >= 11 is 0. The Morgan fingerprint density at radius 2 is 1.49 bits per heavy atom. The van der Waals surface area contributed by atoms with Crippen LogP contribution in [0.3, 0.4) is 0 Å². The Morgan fingerprint density at radius 1 is 0.822 bits per heavy atom. The van der Waals surface area contributed by atoms with Gasteiger partial charge in [0.05, 0.1) is 6.61 Å². The molecule has 2 N–H and O–H groups in total. The Balaban J connectivity index is 1.11. The lowest BCUT2D eigenvalue weighted by molar-refractivity contribution is -0.138. The van der Waals surface area contributed by atoms with Crippen LogP contribution in [0.15, 0.2) is 109 Å². The summed E-state index contributed by atoms with van der Waals surface area (Å²) < 4.78 is 5.97. The normalized spacial score (nSPS) is 13.1. The predicted molar refractivity (Wildman–Crippen MR) is 176 cm³/mol. The number of ketones is 1. The number of nitrogens with one attached hydrogen (secondary N) is 1. The molecule has 1 unspecified atom stereocenters. The van der Waals surface area contributed by atoms with Gasteiger partial charge in [-0.05, 0) is 67.0 Å². The van der Waals surface area contributed by atoms with Crippen LogP contribution in [0.25, 0.3) is 0 Å². The van der Waals surface area contributed by atoms with Gasteiger partial charge in [-0.3, -0.25) is 9.59 Å². The van der Waals surface area contributed by atoms with E-state index in [2.05, 4.69) is 17.4 Å². The molecular weight excluding hydrogens is 564 g/mol. The monoisotopic (exact) mass is 604 g/mol. The van der Waals surface area contributed by atoms with Crippen molar-refractivity contribution in [3.63, 3.8) is 0 Å². The fourth-order valence-corrected chi connectivity index (χ4v) is 5.33. The summed E-state index contributed by atoms with van der Waals surface area (Å²) in [6, 6.07) is 32.5. The molecule has 232 valence electrons. The van der Waals surface area contributed by atoms with Crippen LogP contribution in [-0.4, -0.2) is 53.4 Å². The number of carboxylic acids is 1. The lowest BCUT2D eigenvalue weighted by atomic mass is 10.00. The molecule has 0 heterocycles. The van der Waals surface area contributed by atoms with Crippen molar-refractivity contribution < 1.29 is 24.2 Å². The number of hydrogen-bond acceptors (Lipinski definition) is 5. The molecule has 4 aromatic carbocycles. The number of amides is 1. The lowest BCUT2D eigenvalue weighted by Crippen LogP contribution is -2.34. The van der Waals surface area contributed by atoms with Gasteiger partial charge in [0, 0.05) is 42.7 Å². The van der Waals surface area contributed by atoms with E-state index in [-0.39, 0.29) is 18.1 Å². The molecule has 1 aliphatic carbocycles. The molecule has 0 bridgehead atoms. The van der Waals surface area contributed by atoms with Crippen molar-refractivity contribution in [3.8, 4) is 5.75 Å². The Kier molecular flexibility index (Phi) is 11.0. The van der Waals surface area contributed by atoms with Crippen LogP contribution in [0.1, 0.15) is 52.7 Å². The van der Waals surface area contributed by atoms with Gasteiger partial charge in [-0.25, -0.2) is 4.79 Å². The first-order chi connectivity index (χ1) is 22.0. The maximum Gasteiger partial charge on any atom is 0.326 e. The summed E-state index contributed by atoms with van der Waals surface area (Å²) in [6.45, 7) is 1.98. The van der Waals surface area contributed by atoms with E-state index in [0.29, 0.717) is 48.1 Å². The molecule has 4 aromatic rings. The average Bonchev–Trinajstić information content (AvgIpc) is 3.90. The van der Waals surface area contributed by atoms with Crippen LogP contribution in [0.2, 0.25) is 0 Å². The van der Waals surface area contributed by atoms with Crippen LogP contribution in [0, 0.1) is 5.92 Å². The van der Waals surface area contributed by atoms with Gasteiger partial charge in [-0.15, -0.1) is 0 Å². The summed E-state index contributed by atoms with van der Waals surface area (Å²) in [7, 11) is 0. The van der Waals surface area contributed by atoms with E-state index >= 15 is 0 Å². The molecule has 0 spiro atoms. The number of ether oxygens (including phenoxy) is 1. The number of carbonyl (C=O) groups is 3. The summed E-state index contributed by atoms with van der Waals surface area (Å²) in [4.78, 5) is 40.3. The maximum absolute atomic E-state index is 13.1. The van der Waals surface area contributed by atoms with Crippen molar-refractivity contribution in [2.45, 2.75) is 44.6 Å². The van der Waals surface area contributed by atoms with Gasteiger partial charge in [-0.2, -0.15) is 0 Å². The molecule has 1 amide bonds. The number of hydrogen-bond donors (Lipinski definition) is 2. The van der Waals surface area contributed by atoms with Gasteiger partial charge in [0.15, 0.2) is 5.78 Å². The van der Waals surface area contributed by atoms with E-state index in [9.17, 15) is 19.5 Å². The molecule has 1 atom stereocenters. The van der Waals surface area contributed by atoms with Gasteiger partial charge in [0.2, 0.25) is 5.91 Å². The van der Waals surface area contributed by atoms with Crippen molar-refractivity contribution in [1.82, 2.24) is 4.90 Å². The fraction of sp³-hybridized carbons (Fsp3) is 0.289. The number of aryl methyl sites for hydroxylation is 1. The second-order valence-electron chi connectivity index (χ2n) is 11.6. The molecule has 0 saturated heterocycles. The zero-order valence-electron chi connectivity index (χ0n) is 25.4. The van der Waals surface area contributed by atoms with Crippen molar-refractivity contribution in [2.24, 2.45) is 5.92 Å². The Morgan fingerprint density at radius 3 is 2.18 bits per heavy atom. The van der Waals surface area contributed by atoms with E-state index in [4.69, 9.17) is 4.74 Å². The minimum atomic E-state index is -1.01. The van der Waals surface area contributed by atoms with E-state index in [1.807, 2.05) is 53.4 Å². The summed E-state index contributed by atoms with van der Waals surface area (Å²) in [5.41, 5.74) is 3.45. The van der Waals surface area contributed by atoms with Gasteiger partial charge < -0.3 is 20.1 Å². The maximum atomic E-state index is 13.1. The fourth-order valence-electron chi connectivity index (χ4n) is 5.33. The van der Waals surface area contributed by atoms with Gasteiger partial charge >= 0.3 is 5.97 Å². The minimum Gasteiger partial charge on any atom is -0.494 e. The van der Waals surface area contributed by atoms with Gasteiger partial charge in [0.25, 0.3) is 0 Å². The number of carbonyl (C=O) groups excluding carboxylic acids is 2. The van der Waals surface area contributed by atoms with Gasteiger partial charge in [0.1, 0.15) is 11.8 Å². The highest BCUT2D eigenvalue weighted by molar-refractivity contribution is 6.12. The van der Waals surface area contributed by atoms with Crippen molar-refractivity contribution >= 4 is 23.3 Å². The third-order valence-corrected chi connectivity index (χ3v) is 8.04. The third kappa shape index (κ3) is 9.54. The SMILES string of the molecule is O=C(c1ccccc1)c1ccccc1NC(Cc1ccc(OCCCN(CC2CC2)C(=O)CCc2ccccc2)cc1)C(=O)O. The van der Waals surface area contributed by atoms with Crippen molar-refractivity contribution in [2.75, 3.05) is 25.0 Å². The summed E-state index contributed by atoms with van der Waals surface area (Å²) in [5, 5.41) is 13.0. The first-order valence-corrected chi connectivity index (χ1v) is 15.7. The highest BCUT2D eigenvalue weighted by Gasteiger charge is 2.26. The Bertz CT molecular complexity index is 1550. The van der Waals surface area contributed by atoms with Gasteiger partial charge in [-0.1, -0.05) is 84.9 Å². The average molecular weight is 605 g/mol. The molecule has 1 saturated carbocycles. The summed E-state index contributed by atoms with van der Waals surface area (Å²) in [5.74, 6) is 0.342. The second kappa shape index (κ2) is 15.7. The smallest absolute Gasteiger partial charge is 0.326 e. The number of anilines is 1. The third-order valence-electron chi connectivity index (χ3n) is 8.04. The lowest BCUT2D eigenvalue weighted by Gasteiger charge is -2.23. The highest BCUT2D eigenvalue weighted by atomic mass is 16.5. The topological polar surface area (TPSA) is 95.9 Å². The largest absolute Gasteiger partial charge is 0.494 e. The second-order valence-corrected chi connectivity index (χ2v) is 11.6. The van der Waals surface area contributed by atoms with E-state index < -0.39 is 12.0 Å². The number of para-hydroxylation sites is 1. The van der Waals surface area contributed by atoms with Crippen LogP contribution >= 0.6 is 0 Å². The zero-order valence-corrected chi connectivity index (χ0v) is 25.4. The molecule has 1 fully saturated rings. The molecule has 0 radical (unpaired) electrons. The Hall–Kier alpha value is -4.91. The first-order valence-electron chi connectivity index (χ1n) is 15.7. The first kappa shape index (κ1) is 31.5. The number of rotatable bonds is 17. The van der Waals surface area contributed by atoms with Crippen LogP contribution < -0.4 is 10.1 Å². The highest BCUT2D eigenvalue weighted by Crippen LogP contribution is 2.30. The molecule has 7 heteroatoms. The molecule has 5 rings (SSSR count). The number of aliphatic carboxylic acids is 1. The summed E-state index contributed by atoms with van der Waals surface area (Å²) in [6.07, 6.45) is 4.62. The molecule has 1 aliphatic rings. The molecule has 0 aliphatic heterocycles. The van der Waals surface area contributed by atoms with E-state index in [1.54, 1.807) is 48.5 Å². The number of benzene rings is 4. The number of nitrogens with zero attached hydrogens (tertiary/aromatic N) is 1. The quantitative estimate of drug-likeness (QED) is 0.103. The van der Waals surface area contributed by atoms with Crippen molar-refractivity contribution in [3.05, 3.63) is 131 Å². The standard InChI is InChI=1S/C38H40N2O5/c41-36(23-20-28-10-3-1-4-11-28)40(27-30-16-17-30)24-9-25-45-32-21-18-29(19-22-32)26-35(38(43)44)39-34-15-8-7-14-33(34)37(42)31-12-5-2-6-13-31/h1-8,10-15,18-19,21-22,30,35,39H,9,16-17,20,23-27H2,(H,43,44). The molecule has 45 heavy (non-hydrogen) atoms. The van der Waals surface area contributed by atoms with Crippen LogP contribution in [-0.2, 0) is 22.4 Å². The predicted octanol–water partition coefficient (Wildman–Crippen LogP) is 6.67. The van der Waals surface area contributed by atoms with Crippen molar-refractivity contribution in [1.29, 1.82) is 0 Å². The zero-order chi connectivity index (χ0) is 31.4. The van der Waals surface area contributed by atoms with Crippen LogP contribution in [0.4, 0.5) is 5.69 Å². The molecule has 0 aromatic heterocycles. The van der Waals surface area contributed by atoms with E-state index in [0.717, 1.165) is 24.9 Å². The molecule has 7 nitrogen and oxygen atoms in total. The van der Waals surface area contributed by atoms with E-state index in [1.165, 1.54) is 18.4 Å². The van der Waals surface area contributed by atoms with Crippen LogP contribution in [0.5, 0.6) is 5.75 Å².